The highest BCUT2D eigenvalue weighted by molar-refractivity contribution is 5.76. The van der Waals surface area contributed by atoms with E-state index in [9.17, 15) is 19.8 Å². The molecule has 0 aliphatic heterocycles. The molecule has 0 aliphatic rings. The molecule has 0 aromatic heterocycles. The van der Waals surface area contributed by atoms with E-state index in [1.807, 2.05) is 6.08 Å². The molecule has 0 saturated carbocycles. The Hall–Kier alpha value is -1.92. The molecule has 0 saturated heterocycles. The Kier molecular flexibility index (Phi) is 50.1. The molecule has 0 aromatic rings. The van der Waals surface area contributed by atoms with E-state index in [2.05, 4.69) is 43.5 Å². The molecule has 0 spiro atoms. The van der Waals surface area contributed by atoms with Crippen LogP contribution in [-0.2, 0) is 14.3 Å². The molecule has 0 bridgehead atoms. The zero-order valence-electron chi connectivity index (χ0n) is 41.4. The van der Waals surface area contributed by atoms with Gasteiger partial charge in [0, 0.05) is 12.8 Å². The van der Waals surface area contributed by atoms with Gasteiger partial charge in [0.05, 0.1) is 25.4 Å². The van der Waals surface area contributed by atoms with E-state index in [1.165, 1.54) is 205 Å². The molecule has 0 rings (SSSR count). The summed E-state index contributed by atoms with van der Waals surface area (Å²) in [4.78, 5) is 24.4. The van der Waals surface area contributed by atoms with Gasteiger partial charge in [-0.05, 0) is 57.8 Å². The second-order valence-corrected chi connectivity index (χ2v) is 18.6. The molecule has 2 atom stereocenters. The van der Waals surface area contributed by atoms with E-state index in [0.29, 0.717) is 19.4 Å². The van der Waals surface area contributed by atoms with Crippen molar-refractivity contribution in [1.82, 2.24) is 5.32 Å². The second kappa shape index (κ2) is 51.7. The Labute approximate surface area is 385 Å². The minimum Gasteiger partial charge on any atom is -0.466 e. The van der Waals surface area contributed by atoms with Crippen molar-refractivity contribution in [2.24, 2.45) is 0 Å². The molecule has 0 radical (unpaired) electrons. The monoisotopic (exact) mass is 872 g/mol. The van der Waals surface area contributed by atoms with E-state index in [1.54, 1.807) is 6.08 Å². The van der Waals surface area contributed by atoms with Crippen LogP contribution in [0.25, 0.3) is 0 Å². The Morgan fingerprint density at radius 3 is 1.29 bits per heavy atom. The zero-order valence-corrected chi connectivity index (χ0v) is 41.4. The van der Waals surface area contributed by atoms with E-state index < -0.39 is 12.1 Å². The predicted molar refractivity (Wildman–Crippen MR) is 269 cm³/mol. The van der Waals surface area contributed by atoms with Gasteiger partial charge in [0.1, 0.15) is 0 Å². The van der Waals surface area contributed by atoms with Gasteiger partial charge in [-0.15, -0.1) is 0 Å². The number of amides is 1. The maximum absolute atomic E-state index is 12.4. The third kappa shape index (κ3) is 47.6. The lowest BCUT2D eigenvalue weighted by molar-refractivity contribution is -0.143. The fourth-order valence-electron chi connectivity index (χ4n) is 8.20. The third-order valence-corrected chi connectivity index (χ3v) is 12.4. The van der Waals surface area contributed by atoms with Crippen molar-refractivity contribution in [3.63, 3.8) is 0 Å². The molecule has 3 N–H and O–H groups in total. The van der Waals surface area contributed by atoms with Gasteiger partial charge in [-0.2, -0.15) is 0 Å². The number of aliphatic hydroxyl groups excluding tert-OH is 2. The number of hydrogen-bond acceptors (Lipinski definition) is 5. The minimum atomic E-state index is -0.846. The average molecular weight is 872 g/mol. The average Bonchev–Trinajstić information content (AvgIpc) is 3.27. The number of rotatable bonds is 50. The van der Waals surface area contributed by atoms with Gasteiger partial charge in [-0.25, -0.2) is 0 Å². The lowest BCUT2D eigenvalue weighted by Gasteiger charge is -2.20. The summed E-state index contributed by atoms with van der Waals surface area (Å²) < 4.78 is 5.46. The standard InChI is InChI=1S/C56H105NO5/c1-3-5-7-9-11-13-15-24-28-32-36-40-44-48-54(59)53(52-58)57-55(60)49-45-41-37-33-29-26-22-20-18-17-19-21-23-27-31-35-39-43-47-51-62-56(61)50-46-42-38-34-30-25-16-14-12-10-8-6-4-2/h8,10,14,16,44,48,53-54,58-59H,3-7,9,11-13,15,17-43,45-47,49-52H2,1-2H3,(H,57,60)/b10-8-,16-14-,48-44+. The van der Waals surface area contributed by atoms with Crippen molar-refractivity contribution in [3.8, 4) is 0 Å². The Morgan fingerprint density at radius 1 is 0.452 bits per heavy atom. The van der Waals surface area contributed by atoms with E-state index in [-0.39, 0.29) is 18.5 Å². The van der Waals surface area contributed by atoms with Crippen molar-refractivity contribution < 1.29 is 24.5 Å². The first-order chi connectivity index (χ1) is 30.5. The largest absolute Gasteiger partial charge is 0.466 e. The van der Waals surface area contributed by atoms with Crippen molar-refractivity contribution in [3.05, 3.63) is 36.5 Å². The van der Waals surface area contributed by atoms with Gasteiger partial charge in [0.15, 0.2) is 0 Å². The van der Waals surface area contributed by atoms with Crippen LogP contribution in [0.1, 0.15) is 284 Å². The van der Waals surface area contributed by atoms with Crippen molar-refractivity contribution in [2.45, 2.75) is 296 Å². The smallest absolute Gasteiger partial charge is 0.305 e. The number of esters is 1. The summed E-state index contributed by atoms with van der Waals surface area (Å²) >= 11 is 0. The van der Waals surface area contributed by atoms with Crippen LogP contribution in [0.2, 0.25) is 0 Å². The molecule has 2 unspecified atom stereocenters. The summed E-state index contributed by atoms with van der Waals surface area (Å²) in [6.07, 6.45) is 63.0. The first kappa shape index (κ1) is 60.1. The summed E-state index contributed by atoms with van der Waals surface area (Å²) in [5, 5.41) is 23.0. The molecule has 6 heteroatoms. The summed E-state index contributed by atoms with van der Waals surface area (Å²) in [6, 6.07) is -0.629. The highest BCUT2D eigenvalue weighted by atomic mass is 16.5. The number of aliphatic hydroxyl groups is 2. The number of carbonyl (C=O) groups excluding carboxylic acids is 2. The van der Waals surface area contributed by atoms with Gasteiger partial charge >= 0.3 is 5.97 Å². The SMILES string of the molecule is CCC/C=C\C/C=C\CCCCCCCC(=O)OCCCCCCCCCCCCCCCCCCCCCC(=O)NC(CO)C(O)/C=C/CCCCCCCCCCCCC. The van der Waals surface area contributed by atoms with Gasteiger partial charge in [-0.1, -0.05) is 249 Å². The minimum absolute atomic E-state index is 0.00755. The second-order valence-electron chi connectivity index (χ2n) is 18.6. The van der Waals surface area contributed by atoms with Gasteiger partial charge in [0.2, 0.25) is 5.91 Å². The fraction of sp³-hybridized carbons (Fsp3) is 0.857. The van der Waals surface area contributed by atoms with Gasteiger partial charge in [0.25, 0.3) is 0 Å². The van der Waals surface area contributed by atoms with Crippen LogP contribution in [0.4, 0.5) is 0 Å². The van der Waals surface area contributed by atoms with Crippen LogP contribution >= 0.6 is 0 Å². The maximum atomic E-state index is 12.4. The normalized spacial score (nSPS) is 12.9. The first-order valence-corrected chi connectivity index (χ1v) is 27.3. The van der Waals surface area contributed by atoms with Gasteiger partial charge < -0.3 is 20.3 Å². The summed E-state index contributed by atoms with van der Waals surface area (Å²) in [6.45, 7) is 4.82. The van der Waals surface area contributed by atoms with Crippen LogP contribution in [0.5, 0.6) is 0 Å². The van der Waals surface area contributed by atoms with Crippen molar-refractivity contribution in [1.29, 1.82) is 0 Å². The Bertz CT molecular complexity index is 1010. The topological polar surface area (TPSA) is 95.9 Å². The number of allylic oxidation sites excluding steroid dienone is 5. The van der Waals surface area contributed by atoms with Crippen LogP contribution in [0, 0.1) is 0 Å². The highest BCUT2D eigenvalue weighted by Gasteiger charge is 2.18. The molecule has 0 fully saturated rings. The number of hydrogen-bond donors (Lipinski definition) is 3. The van der Waals surface area contributed by atoms with E-state index in [0.717, 1.165) is 51.4 Å². The number of ether oxygens (including phenoxy) is 1. The maximum Gasteiger partial charge on any atom is 0.305 e. The summed E-state index contributed by atoms with van der Waals surface area (Å²) in [7, 11) is 0. The molecule has 0 heterocycles. The van der Waals surface area contributed by atoms with Gasteiger partial charge in [-0.3, -0.25) is 9.59 Å². The quantitative estimate of drug-likeness (QED) is 0.0321. The molecule has 0 aliphatic carbocycles. The summed E-state index contributed by atoms with van der Waals surface area (Å²) in [5.41, 5.74) is 0. The van der Waals surface area contributed by atoms with Crippen LogP contribution < -0.4 is 5.32 Å². The first-order valence-electron chi connectivity index (χ1n) is 27.3. The molecule has 0 aromatic carbocycles. The lowest BCUT2D eigenvalue weighted by atomic mass is 10.0. The highest BCUT2D eigenvalue weighted by Crippen LogP contribution is 2.16. The number of carbonyl (C=O) groups is 2. The Morgan fingerprint density at radius 2 is 0.839 bits per heavy atom. The molecule has 6 nitrogen and oxygen atoms in total. The Balaban J connectivity index is 3.43. The molecule has 1 amide bonds. The van der Waals surface area contributed by atoms with Crippen molar-refractivity contribution in [2.75, 3.05) is 13.2 Å². The third-order valence-electron chi connectivity index (χ3n) is 12.4. The zero-order chi connectivity index (χ0) is 45.1. The summed E-state index contributed by atoms with van der Waals surface area (Å²) in [5.74, 6) is -0.0793. The predicted octanol–water partition coefficient (Wildman–Crippen LogP) is 16.5. The van der Waals surface area contributed by atoms with Crippen LogP contribution in [0.15, 0.2) is 36.5 Å². The fourth-order valence-corrected chi connectivity index (χ4v) is 8.20. The molecular formula is C56H105NO5. The molecule has 364 valence electrons. The van der Waals surface area contributed by atoms with Crippen LogP contribution in [0.3, 0.4) is 0 Å². The number of unbranched alkanes of at least 4 members (excludes halogenated alkanes) is 35. The van der Waals surface area contributed by atoms with E-state index >= 15 is 0 Å². The number of nitrogens with one attached hydrogen (secondary N) is 1. The van der Waals surface area contributed by atoms with Crippen LogP contribution in [-0.4, -0.2) is 47.4 Å². The lowest BCUT2D eigenvalue weighted by Crippen LogP contribution is -2.45. The molecule has 62 heavy (non-hydrogen) atoms. The molecular weight excluding hydrogens is 767 g/mol. The van der Waals surface area contributed by atoms with Crippen molar-refractivity contribution >= 4 is 11.9 Å². The van der Waals surface area contributed by atoms with E-state index in [4.69, 9.17) is 4.74 Å².